The Bertz CT molecular complexity index is 913. The van der Waals surface area contributed by atoms with Crippen molar-refractivity contribution >= 4 is 21.4 Å². The third-order valence-corrected chi connectivity index (χ3v) is 6.41. The minimum Gasteiger partial charge on any atom is -0.495 e. The molecule has 2 aromatic carbocycles. The Kier molecular flexibility index (Phi) is 5.82. The molecule has 1 fully saturated rings. The van der Waals surface area contributed by atoms with E-state index in [1.165, 1.54) is 0 Å². The van der Waals surface area contributed by atoms with E-state index in [1.54, 1.807) is 13.2 Å². The maximum absolute atomic E-state index is 13.1. The lowest BCUT2D eigenvalue weighted by Crippen LogP contribution is -2.40. The monoisotopic (exact) mass is 388 g/mol. The summed E-state index contributed by atoms with van der Waals surface area (Å²) in [6.45, 7) is 1.94. The van der Waals surface area contributed by atoms with Crippen LogP contribution in [-0.2, 0) is 14.6 Å². The number of aryl methyl sites for hydroxylation is 1. The molecule has 2 atom stereocenters. The lowest BCUT2D eigenvalue weighted by molar-refractivity contribution is -0.118. The third-order valence-electron chi connectivity index (χ3n) is 4.64. The van der Waals surface area contributed by atoms with E-state index in [9.17, 15) is 13.2 Å². The number of hydrogen-bond acceptors (Lipinski definition) is 5. The summed E-state index contributed by atoms with van der Waals surface area (Å²) in [6.07, 6.45) is 0.507. The Morgan fingerprint density at radius 2 is 1.93 bits per heavy atom. The number of nitrogens with one attached hydrogen (secondary N) is 2. The molecular weight excluding hydrogens is 364 g/mol. The Morgan fingerprint density at radius 3 is 2.56 bits per heavy atom. The van der Waals surface area contributed by atoms with Gasteiger partial charge in [0.25, 0.3) is 0 Å². The quantitative estimate of drug-likeness (QED) is 0.794. The van der Waals surface area contributed by atoms with Crippen molar-refractivity contribution in [2.45, 2.75) is 25.4 Å². The van der Waals surface area contributed by atoms with Crippen LogP contribution in [0.2, 0.25) is 0 Å². The number of rotatable bonds is 6. The van der Waals surface area contributed by atoms with Gasteiger partial charge >= 0.3 is 0 Å². The Balaban J connectivity index is 1.84. The molecule has 3 rings (SSSR count). The number of benzene rings is 2. The van der Waals surface area contributed by atoms with Gasteiger partial charge in [0.1, 0.15) is 11.8 Å². The van der Waals surface area contributed by atoms with Crippen molar-refractivity contribution in [1.82, 2.24) is 5.32 Å². The van der Waals surface area contributed by atoms with Gasteiger partial charge < -0.3 is 10.1 Å². The van der Waals surface area contributed by atoms with Gasteiger partial charge in [-0.05, 0) is 36.6 Å². The summed E-state index contributed by atoms with van der Waals surface area (Å²) in [7, 11) is -1.49. The zero-order valence-corrected chi connectivity index (χ0v) is 16.3. The second-order valence-corrected chi connectivity index (χ2v) is 9.03. The topological polar surface area (TPSA) is 84.5 Å². The molecule has 144 valence electrons. The highest BCUT2D eigenvalue weighted by molar-refractivity contribution is 7.91. The fourth-order valence-electron chi connectivity index (χ4n) is 3.26. The van der Waals surface area contributed by atoms with Crippen LogP contribution >= 0.6 is 0 Å². The van der Waals surface area contributed by atoms with Crippen LogP contribution in [0.15, 0.2) is 48.5 Å². The number of carbonyl (C=O) groups is 1. The van der Waals surface area contributed by atoms with E-state index in [0.717, 1.165) is 11.1 Å². The lowest BCUT2D eigenvalue weighted by atomic mass is 10.0. The van der Waals surface area contributed by atoms with Gasteiger partial charge in [-0.2, -0.15) is 0 Å². The van der Waals surface area contributed by atoms with Crippen molar-refractivity contribution in [2.75, 3.05) is 23.9 Å². The molecule has 0 spiro atoms. The van der Waals surface area contributed by atoms with Crippen LogP contribution in [-0.4, -0.2) is 39.0 Å². The number of amides is 1. The van der Waals surface area contributed by atoms with Crippen molar-refractivity contribution in [3.05, 3.63) is 59.7 Å². The molecule has 7 heteroatoms. The van der Waals surface area contributed by atoms with Crippen LogP contribution in [0.1, 0.15) is 23.6 Å². The van der Waals surface area contributed by atoms with Crippen LogP contribution in [0.25, 0.3) is 0 Å². The third kappa shape index (κ3) is 4.87. The molecular formula is C20H24N2O4S. The highest BCUT2D eigenvalue weighted by Gasteiger charge is 2.32. The number of methoxy groups -OCH3 is 1. The van der Waals surface area contributed by atoms with Crippen LogP contribution < -0.4 is 15.4 Å². The standard InChI is InChI=1S/C20H24N2O4S/c1-14-8-9-18(26-2)17(12-14)22-20(23)19(15-6-4-3-5-7-15)21-16-10-11-27(24,25)13-16/h3-9,12,16,19,21H,10-11,13H2,1-2H3,(H,22,23)/t16-,19-/m0/s1. The number of carbonyl (C=O) groups excluding carboxylic acids is 1. The summed E-state index contributed by atoms with van der Waals surface area (Å²) in [6, 6.07) is 14.0. The highest BCUT2D eigenvalue weighted by atomic mass is 32.2. The van der Waals surface area contributed by atoms with Crippen molar-refractivity contribution in [3.8, 4) is 5.75 Å². The smallest absolute Gasteiger partial charge is 0.246 e. The van der Waals surface area contributed by atoms with E-state index in [4.69, 9.17) is 4.74 Å². The zero-order valence-electron chi connectivity index (χ0n) is 15.4. The molecule has 1 aliphatic heterocycles. The first kappa shape index (κ1) is 19.4. The molecule has 2 N–H and O–H groups in total. The molecule has 1 saturated heterocycles. The maximum atomic E-state index is 13.1. The molecule has 0 bridgehead atoms. The fraction of sp³-hybridized carbons (Fsp3) is 0.350. The minimum atomic E-state index is -3.04. The van der Waals surface area contributed by atoms with Gasteiger partial charge in [0, 0.05) is 6.04 Å². The van der Waals surface area contributed by atoms with Crippen molar-refractivity contribution in [3.63, 3.8) is 0 Å². The van der Waals surface area contributed by atoms with E-state index >= 15 is 0 Å². The first-order valence-corrected chi connectivity index (χ1v) is 10.7. The first-order chi connectivity index (χ1) is 12.9. The molecule has 0 aromatic heterocycles. The van der Waals surface area contributed by atoms with Crippen molar-refractivity contribution in [1.29, 1.82) is 0 Å². The molecule has 0 aliphatic carbocycles. The molecule has 1 amide bonds. The predicted octanol–water partition coefficient (Wildman–Crippen LogP) is 2.46. The van der Waals surface area contributed by atoms with E-state index in [0.29, 0.717) is 17.9 Å². The van der Waals surface area contributed by atoms with Crippen LogP contribution in [0, 0.1) is 6.92 Å². The summed E-state index contributed by atoms with van der Waals surface area (Å²) in [5.41, 5.74) is 2.37. The van der Waals surface area contributed by atoms with Crippen LogP contribution in [0.3, 0.4) is 0 Å². The predicted molar refractivity (Wildman–Crippen MR) is 106 cm³/mol. The molecule has 0 saturated carbocycles. The average molecular weight is 388 g/mol. The van der Waals surface area contributed by atoms with Gasteiger partial charge in [0.05, 0.1) is 24.3 Å². The SMILES string of the molecule is COc1ccc(C)cc1NC(=O)[C@@H](N[C@H]1CCS(=O)(=O)C1)c1ccccc1. The van der Waals surface area contributed by atoms with E-state index in [-0.39, 0.29) is 23.5 Å². The Labute approximate surface area is 159 Å². The normalized spacial score (nSPS) is 19.4. The summed E-state index contributed by atoms with van der Waals surface area (Å²) < 4.78 is 28.9. The Hall–Kier alpha value is -2.38. The van der Waals surface area contributed by atoms with Crippen molar-refractivity contribution in [2.24, 2.45) is 0 Å². The summed E-state index contributed by atoms with van der Waals surface area (Å²) in [5.74, 6) is 0.523. The summed E-state index contributed by atoms with van der Waals surface area (Å²) in [4.78, 5) is 13.1. The summed E-state index contributed by atoms with van der Waals surface area (Å²) >= 11 is 0. The molecule has 6 nitrogen and oxygen atoms in total. The summed E-state index contributed by atoms with van der Waals surface area (Å²) in [5, 5.41) is 6.15. The maximum Gasteiger partial charge on any atom is 0.246 e. The van der Waals surface area contributed by atoms with Crippen LogP contribution in [0.5, 0.6) is 5.75 Å². The van der Waals surface area contributed by atoms with E-state index in [2.05, 4.69) is 10.6 Å². The largest absolute Gasteiger partial charge is 0.495 e. The highest BCUT2D eigenvalue weighted by Crippen LogP contribution is 2.27. The lowest BCUT2D eigenvalue weighted by Gasteiger charge is -2.23. The van der Waals surface area contributed by atoms with Gasteiger partial charge in [-0.25, -0.2) is 8.42 Å². The molecule has 27 heavy (non-hydrogen) atoms. The zero-order chi connectivity index (χ0) is 19.4. The number of anilines is 1. The second-order valence-electron chi connectivity index (χ2n) is 6.80. The molecule has 0 unspecified atom stereocenters. The van der Waals surface area contributed by atoms with Gasteiger partial charge in [0.2, 0.25) is 5.91 Å². The van der Waals surface area contributed by atoms with E-state index < -0.39 is 15.9 Å². The number of ether oxygens (including phenoxy) is 1. The molecule has 0 radical (unpaired) electrons. The van der Waals surface area contributed by atoms with Gasteiger partial charge in [0.15, 0.2) is 9.84 Å². The minimum absolute atomic E-state index is 0.0530. The van der Waals surface area contributed by atoms with Crippen molar-refractivity contribution < 1.29 is 17.9 Å². The molecule has 1 aliphatic rings. The van der Waals surface area contributed by atoms with Gasteiger partial charge in [-0.15, -0.1) is 0 Å². The van der Waals surface area contributed by atoms with Crippen LogP contribution in [0.4, 0.5) is 5.69 Å². The molecule has 2 aromatic rings. The first-order valence-electron chi connectivity index (χ1n) is 8.85. The van der Waals surface area contributed by atoms with Gasteiger partial charge in [-0.3, -0.25) is 10.1 Å². The van der Waals surface area contributed by atoms with Gasteiger partial charge in [-0.1, -0.05) is 36.4 Å². The fourth-order valence-corrected chi connectivity index (χ4v) is 4.94. The number of sulfone groups is 1. The second kappa shape index (κ2) is 8.10. The number of hydrogen-bond donors (Lipinski definition) is 2. The molecule has 1 heterocycles. The van der Waals surface area contributed by atoms with E-state index in [1.807, 2.05) is 49.4 Å². The Morgan fingerprint density at radius 1 is 1.19 bits per heavy atom. The average Bonchev–Trinajstić information content (AvgIpc) is 2.99.